The van der Waals surface area contributed by atoms with Crippen LogP contribution < -0.4 is 22.7 Å². The van der Waals surface area contributed by atoms with Crippen LogP contribution in [0.25, 0.3) is 43.5 Å². The van der Waals surface area contributed by atoms with Gasteiger partial charge >= 0.3 is 11.3 Å². The molecule has 5 aromatic rings. The monoisotopic (exact) mass is 422 g/mol. The minimum absolute atomic E-state index is 0.214. The molecule has 0 unspecified atom stereocenters. The summed E-state index contributed by atoms with van der Waals surface area (Å²) in [5.74, 6) is 0. The molecule has 0 amide bonds. The molecule has 1 heterocycles. The van der Waals surface area contributed by atoms with Gasteiger partial charge < -0.3 is 20.3 Å². The molecule has 0 atom stereocenters. The molecule has 0 radical (unpaired) electrons. The van der Waals surface area contributed by atoms with E-state index in [0.29, 0.717) is 33.3 Å². The molecular formula is C26H18N2O4. The van der Waals surface area contributed by atoms with E-state index in [-0.39, 0.29) is 10.8 Å². The fourth-order valence-corrected chi connectivity index (χ4v) is 3.81. The third-order valence-electron chi connectivity index (χ3n) is 5.30. The van der Waals surface area contributed by atoms with Gasteiger partial charge in [-0.05, 0) is 59.3 Å². The molecule has 6 nitrogen and oxygen atoms in total. The highest BCUT2D eigenvalue weighted by molar-refractivity contribution is 6.08. The first-order valence-electron chi connectivity index (χ1n) is 9.93. The van der Waals surface area contributed by atoms with Crippen molar-refractivity contribution in [3.05, 3.63) is 106 Å². The summed E-state index contributed by atoms with van der Waals surface area (Å²) in [6.45, 7) is 0. The second kappa shape index (κ2) is 7.59. The molecule has 156 valence electrons. The smallest absolute Gasteiger partial charge is 0.343 e. The Kier molecular flexibility index (Phi) is 4.60. The van der Waals surface area contributed by atoms with E-state index >= 15 is 0 Å². The number of hydrogen-bond acceptors (Lipinski definition) is 6. The SMILES string of the molecule is Nc1cccc2oc(=O)c3cccc(c3)c(=O)oc3cccc(N)c3c3cccc(c3)c12. The summed E-state index contributed by atoms with van der Waals surface area (Å²) in [5.41, 5.74) is 12.9. The van der Waals surface area contributed by atoms with Crippen molar-refractivity contribution in [2.45, 2.75) is 0 Å². The van der Waals surface area contributed by atoms with E-state index in [0.717, 1.165) is 10.8 Å². The number of hydrogen-bond donors (Lipinski definition) is 2. The summed E-state index contributed by atoms with van der Waals surface area (Å²) in [6, 6.07) is 23.9. The van der Waals surface area contributed by atoms with Crippen molar-refractivity contribution < 1.29 is 8.83 Å². The van der Waals surface area contributed by atoms with Gasteiger partial charge in [0.05, 0.1) is 10.8 Å². The highest BCUT2D eigenvalue weighted by Crippen LogP contribution is 2.28. The second-order valence-electron chi connectivity index (χ2n) is 7.38. The normalized spacial score (nSPS) is 11.0. The molecule has 4 bridgehead atoms. The molecular weight excluding hydrogens is 404 g/mol. The first-order valence-corrected chi connectivity index (χ1v) is 9.93. The topological polar surface area (TPSA) is 112 Å². The van der Waals surface area contributed by atoms with E-state index < -0.39 is 11.3 Å². The Morgan fingerprint density at radius 2 is 0.875 bits per heavy atom. The van der Waals surface area contributed by atoms with Gasteiger partial charge in [-0.25, -0.2) is 9.59 Å². The van der Waals surface area contributed by atoms with Crippen molar-refractivity contribution in [1.29, 1.82) is 0 Å². The Balaban J connectivity index is 2.17. The maximum atomic E-state index is 12.9. The molecule has 0 aliphatic carbocycles. The Bertz CT molecular complexity index is 1630. The average molecular weight is 422 g/mol. The molecule has 1 aromatic heterocycles. The number of anilines is 2. The van der Waals surface area contributed by atoms with Gasteiger partial charge in [0, 0.05) is 22.1 Å². The van der Waals surface area contributed by atoms with Gasteiger partial charge in [-0.15, -0.1) is 0 Å². The highest BCUT2D eigenvalue weighted by atomic mass is 16.4. The van der Waals surface area contributed by atoms with Gasteiger partial charge in [-0.2, -0.15) is 0 Å². The fraction of sp³-hybridized carbons (Fsp3) is 0. The van der Waals surface area contributed by atoms with E-state index in [1.165, 1.54) is 6.07 Å². The molecule has 0 saturated carbocycles. The summed E-state index contributed by atoms with van der Waals surface area (Å²) in [6.07, 6.45) is 0. The van der Waals surface area contributed by atoms with Crippen molar-refractivity contribution >= 4 is 54.9 Å². The number of fused-ring (bicyclic) bond motifs is 8. The fourth-order valence-electron chi connectivity index (χ4n) is 3.81. The molecule has 0 fully saturated rings. The molecule has 0 saturated heterocycles. The quantitative estimate of drug-likeness (QED) is 0.338. The maximum Gasteiger partial charge on any atom is 0.343 e. The second-order valence-corrected chi connectivity index (χ2v) is 7.38. The van der Waals surface area contributed by atoms with E-state index in [2.05, 4.69) is 0 Å². The number of rotatable bonds is 0. The minimum Gasteiger partial charge on any atom is -0.422 e. The van der Waals surface area contributed by atoms with Crippen LogP contribution in [0.2, 0.25) is 0 Å². The first-order chi connectivity index (χ1) is 15.5. The van der Waals surface area contributed by atoms with Crippen LogP contribution in [0.3, 0.4) is 0 Å². The molecule has 6 heteroatoms. The molecule has 4 aromatic carbocycles. The molecule has 0 aliphatic heterocycles. The van der Waals surface area contributed by atoms with Crippen LogP contribution >= 0.6 is 0 Å². The van der Waals surface area contributed by atoms with Crippen LogP contribution in [-0.4, -0.2) is 0 Å². The van der Waals surface area contributed by atoms with Crippen molar-refractivity contribution in [2.24, 2.45) is 0 Å². The van der Waals surface area contributed by atoms with Crippen molar-refractivity contribution in [3.63, 3.8) is 0 Å². The average Bonchev–Trinajstić information content (AvgIpc) is 2.79. The molecule has 5 rings (SSSR count). The van der Waals surface area contributed by atoms with E-state index in [9.17, 15) is 9.59 Å². The Morgan fingerprint density at radius 3 is 1.34 bits per heavy atom. The summed E-state index contributed by atoms with van der Waals surface area (Å²) < 4.78 is 11.4. The largest absolute Gasteiger partial charge is 0.422 e. The van der Waals surface area contributed by atoms with Gasteiger partial charge in [0.1, 0.15) is 11.2 Å². The van der Waals surface area contributed by atoms with Gasteiger partial charge in [0.15, 0.2) is 0 Å². The third-order valence-corrected chi connectivity index (χ3v) is 5.30. The van der Waals surface area contributed by atoms with Crippen molar-refractivity contribution in [3.8, 4) is 0 Å². The molecule has 4 N–H and O–H groups in total. The van der Waals surface area contributed by atoms with Gasteiger partial charge in [-0.1, -0.05) is 36.4 Å². The zero-order chi connectivity index (χ0) is 22.2. The third kappa shape index (κ3) is 3.33. The summed E-state index contributed by atoms with van der Waals surface area (Å²) in [7, 11) is 0. The lowest BCUT2D eigenvalue weighted by Gasteiger charge is -2.04. The number of nitrogen functional groups attached to an aromatic ring is 2. The van der Waals surface area contributed by atoms with Crippen molar-refractivity contribution in [1.82, 2.24) is 0 Å². The van der Waals surface area contributed by atoms with Crippen LogP contribution in [0.4, 0.5) is 11.4 Å². The zero-order valence-electron chi connectivity index (χ0n) is 16.9. The highest BCUT2D eigenvalue weighted by Gasteiger charge is 2.06. The van der Waals surface area contributed by atoms with Gasteiger partial charge in [-0.3, -0.25) is 0 Å². The lowest BCUT2D eigenvalue weighted by molar-refractivity contribution is 0.569. The lowest BCUT2D eigenvalue weighted by atomic mass is 10.1. The predicted octanol–water partition coefficient (Wildman–Crippen LogP) is 5.06. The lowest BCUT2D eigenvalue weighted by Crippen LogP contribution is -2.00. The Morgan fingerprint density at radius 1 is 0.500 bits per heavy atom. The summed E-state index contributed by atoms with van der Waals surface area (Å²) in [4.78, 5) is 25.7. The number of nitrogens with two attached hydrogens (primary N) is 2. The Labute approximate surface area is 181 Å². The zero-order valence-corrected chi connectivity index (χ0v) is 16.9. The maximum absolute atomic E-state index is 12.9. The first kappa shape index (κ1) is 19.4. The van der Waals surface area contributed by atoms with Crippen LogP contribution in [0.15, 0.2) is 103 Å². The van der Waals surface area contributed by atoms with Crippen LogP contribution in [0, 0.1) is 0 Å². The number of benzene rings is 4. The van der Waals surface area contributed by atoms with E-state index in [4.69, 9.17) is 20.3 Å². The summed E-state index contributed by atoms with van der Waals surface area (Å²) >= 11 is 0. The van der Waals surface area contributed by atoms with E-state index in [1.54, 1.807) is 54.6 Å². The van der Waals surface area contributed by atoms with Crippen LogP contribution in [0.1, 0.15) is 0 Å². The van der Waals surface area contributed by atoms with E-state index in [1.807, 2.05) is 24.3 Å². The minimum atomic E-state index is -0.607. The van der Waals surface area contributed by atoms with Crippen molar-refractivity contribution in [2.75, 3.05) is 11.5 Å². The molecule has 0 spiro atoms. The van der Waals surface area contributed by atoms with Gasteiger partial charge in [0.2, 0.25) is 0 Å². The molecule has 0 aliphatic rings. The standard InChI is InChI=1S/C26H18N2O4/c27-19-9-3-11-21-23(19)15-5-1-6-16(13-15)24-20(28)10-4-12-22(24)32-26(30)18-8-2-7-17(14-18)25(29)31-21/h1-14H,27-28H2. The van der Waals surface area contributed by atoms with Crippen LogP contribution in [0.5, 0.6) is 0 Å². The van der Waals surface area contributed by atoms with Crippen LogP contribution in [-0.2, 0) is 0 Å². The molecule has 32 heavy (non-hydrogen) atoms. The predicted molar refractivity (Wildman–Crippen MR) is 129 cm³/mol. The Hall–Kier alpha value is -4.58. The van der Waals surface area contributed by atoms with Gasteiger partial charge in [0.25, 0.3) is 0 Å². The summed E-state index contributed by atoms with van der Waals surface area (Å²) in [5, 5.41) is 3.07.